The number of rotatable bonds is 2. The largest absolute Gasteiger partial charge is 0.314 e. The first-order valence-corrected chi connectivity index (χ1v) is 5.96. The summed E-state index contributed by atoms with van der Waals surface area (Å²) in [5, 5.41) is 3.80. The van der Waals surface area contributed by atoms with Crippen molar-refractivity contribution in [2.75, 3.05) is 26.2 Å². The minimum absolute atomic E-state index is 0.0378. The molecule has 1 N–H and O–H groups in total. The van der Waals surface area contributed by atoms with Crippen LogP contribution in [0.3, 0.4) is 0 Å². The maximum Gasteiger partial charge on any atom is 0.129 e. The van der Waals surface area contributed by atoms with Gasteiger partial charge in [-0.1, -0.05) is 17.7 Å². The van der Waals surface area contributed by atoms with Crippen molar-refractivity contribution in [1.82, 2.24) is 10.2 Å². The van der Waals surface area contributed by atoms with E-state index in [2.05, 4.69) is 10.2 Å². The molecule has 0 spiro atoms. The van der Waals surface area contributed by atoms with E-state index in [0.29, 0.717) is 10.6 Å². The van der Waals surface area contributed by atoms with E-state index in [0.717, 1.165) is 26.2 Å². The minimum atomic E-state index is -0.210. The van der Waals surface area contributed by atoms with E-state index in [1.54, 1.807) is 12.1 Å². The summed E-state index contributed by atoms with van der Waals surface area (Å²) >= 11 is 6.06. The van der Waals surface area contributed by atoms with E-state index >= 15 is 0 Å². The molecule has 0 bridgehead atoms. The molecular weight excluding hydrogens is 227 g/mol. The molecule has 0 amide bonds. The molecule has 2 nitrogen and oxygen atoms in total. The third-order valence-electron chi connectivity index (χ3n) is 3.12. The number of nitrogens with zero attached hydrogens (tertiary/aromatic N) is 1. The second kappa shape index (κ2) is 5.13. The lowest BCUT2D eigenvalue weighted by molar-refractivity contribution is 0.182. The van der Waals surface area contributed by atoms with Crippen molar-refractivity contribution >= 4 is 11.6 Å². The number of hydrogen-bond donors (Lipinski definition) is 1. The number of benzene rings is 1. The fourth-order valence-corrected chi connectivity index (χ4v) is 2.48. The van der Waals surface area contributed by atoms with Gasteiger partial charge in [-0.3, -0.25) is 4.90 Å². The Balaban J connectivity index is 2.22. The molecule has 0 radical (unpaired) electrons. The van der Waals surface area contributed by atoms with Gasteiger partial charge in [0.1, 0.15) is 5.82 Å². The zero-order valence-electron chi connectivity index (χ0n) is 9.34. The minimum Gasteiger partial charge on any atom is -0.314 e. The van der Waals surface area contributed by atoms with Crippen LogP contribution in [0.25, 0.3) is 0 Å². The summed E-state index contributed by atoms with van der Waals surface area (Å²) < 4.78 is 13.7. The van der Waals surface area contributed by atoms with Crippen LogP contribution in [0.5, 0.6) is 0 Å². The third kappa shape index (κ3) is 2.37. The predicted octanol–water partition coefficient (Wildman–Crippen LogP) is 2.45. The van der Waals surface area contributed by atoms with E-state index in [1.165, 1.54) is 6.07 Å². The first-order valence-electron chi connectivity index (χ1n) is 5.59. The van der Waals surface area contributed by atoms with Crippen LogP contribution in [0.1, 0.15) is 18.5 Å². The zero-order valence-corrected chi connectivity index (χ0v) is 10.1. The molecule has 2 rings (SSSR count). The van der Waals surface area contributed by atoms with Crippen molar-refractivity contribution in [2.45, 2.75) is 13.0 Å². The summed E-state index contributed by atoms with van der Waals surface area (Å²) in [5.41, 5.74) is 0.617. The van der Waals surface area contributed by atoms with E-state index in [-0.39, 0.29) is 11.9 Å². The van der Waals surface area contributed by atoms with Gasteiger partial charge in [0, 0.05) is 42.8 Å². The Morgan fingerprint density at radius 3 is 2.69 bits per heavy atom. The van der Waals surface area contributed by atoms with Gasteiger partial charge in [-0.25, -0.2) is 4.39 Å². The zero-order chi connectivity index (χ0) is 11.5. The summed E-state index contributed by atoms with van der Waals surface area (Å²) in [5.74, 6) is -0.210. The molecular formula is C12H16ClFN2. The Labute approximate surface area is 100 Å². The van der Waals surface area contributed by atoms with Crippen LogP contribution in [-0.4, -0.2) is 31.1 Å². The van der Waals surface area contributed by atoms with Crippen LogP contribution < -0.4 is 5.32 Å². The molecule has 0 saturated carbocycles. The van der Waals surface area contributed by atoms with Crippen molar-refractivity contribution in [1.29, 1.82) is 0 Å². The molecule has 1 aromatic rings. The lowest BCUT2D eigenvalue weighted by Gasteiger charge is -2.33. The number of hydrogen-bond acceptors (Lipinski definition) is 2. The van der Waals surface area contributed by atoms with Crippen LogP contribution in [0.15, 0.2) is 18.2 Å². The van der Waals surface area contributed by atoms with Crippen LogP contribution >= 0.6 is 11.6 Å². The lowest BCUT2D eigenvalue weighted by atomic mass is 10.1. The fraction of sp³-hybridized carbons (Fsp3) is 0.500. The van der Waals surface area contributed by atoms with Gasteiger partial charge in [-0.05, 0) is 19.1 Å². The van der Waals surface area contributed by atoms with E-state index in [9.17, 15) is 4.39 Å². The topological polar surface area (TPSA) is 15.3 Å². The Bertz CT molecular complexity index is 344. The molecule has 1 aliphatic rings. The van der Waals surface area contributed by atoms with Gasteiger partial charge in [0.2, 0.25) is 0 Å². The van der Waals surface area contributed by atoms with Crippen LogP contribution in [0.4, 0.5) is 4.39 Å². The molecule has 1 atom stereocenters. The monoisotopic (exact) mass is 242 g/mol. The second-order valence-electron chi connectivity index (χ2n) is 4.10. The summed E-state index contributed by atoms with van der Waals surface area (Å²) in [6, 6.07) is 4.90. The lowest BCUT2D eigenvalue weighted by Crippen LogP contribution is -2.44. The fourth-order valence-electron chi connectivity index (χ4n) is 2.16. The van der Waals surface area contributed by atoms with Gasteiger partial charge in [-0.2, -0.15) is 0 Å². The summed E-state index contributed by atoms with van der Waals surface area (Å²) in [6.07, 6.45) is 0. The molecule has 4 heteroatoms. The molecule has 1 saturated heterocycles. The Morgan fingerprint density at radius 1 is 1.38 bits per heavy atom. The number of piperazine rings is 1. The Morgan fingerprint density at radius 2 is 2.06 bits per heavy atom. The van der Waals surface area contributed by atoms with Crippen molar-refractivity contribution in [3.63, 3.8) is 0 Å². The standard InChI is InChI=1S/C12H16ClFN2/c1-9(16-7-5-15-6-8-16)12-10(13)3-2-4-11(12)14/h2-4,9,15H,5-8H2,1H3/t9-/m1/s1. The second-order valence-corrected chi connectivity index (χ2v) is 4.50. The van der Waals surface area contributed by atoms with E-state index in [4.69, 9.17) is 11.6 Å². The third-order valence-corrected chi connectivity index (χ3v) is 3.45. The maximum absolute atomic E-state index is 13.7. The molecule has 88 valence electrons. The van der Waals surface area contributed by atoms with Gasteiger partial charge in [0.05, 0.1) is 0 Å². The van der Waals surface area contributed by atoms with E-state index < -0.39 is 0 Å². The number of nitrogens with one attached hydrogen (secondary N) is 1. The average Bonchev–Trinajstić information content (AvgIpc) is 2.30. The molecule has 1 fully saturated rings. The van der Waals surface area contributed by atoms with Gasteiger partial charge in [0.15, 0.2) is 0 Å². The van der Waals surface area contributed by atoms with Crippen LogP contribution in [0, 0.1) is 5.82 Å². The average molecular weight is 243 g/mol. The van der Waals surface area contributed by atoms with Crippen LogP contribution in [0.2, 0.25) is 5.02 Å². The Kier molecular flexibility index (Phi) is 3.79. The van der Waals surface area contributed by atoms with Gasteiger partial charge >= 0.3 is 0 Å². The van der Waals surface area contributed by atoms with Gasteiger partial charge < -0.3 is 5.32 Å². The summed E-state index contributed by atoms with van der Waals surface area (Å²) in [7, 11) is 0. The molecule has 0 aromatic heterocycles. The van der Waals surface area contributed by atoms with Crippen molar-refractivity contribution < 1.29 is 4.39 Å². The number of halogens is 2. The van der Waals surface area contributed by atoms with Crippen molar-refractivity contribution in [2.24, 2.45) is 0 Å². The molecule has 16 heavy (non-hydrogen) atoms. The van der Waals surface area contributed by atoms with Crippen molar-refractivity contribution in [3.05, 3.63) is 34.6 Å². The van der Waals surface area contributed by atoms with Crippen LogP contribution in [-0.2, 0) is 0 Å². The summed E-state index contributed by atoms with van der Waals surface area (Å²) in [6.45, 7) is 5.79. The molecule has 1 heterocycles. The van der Waals surface area contributed by atoms with Crippen molar-refractivity contribution in [3.8, 4) is 0 Å². The smallest absolute Gasteiger partial charge is 0.129 e. The maximum atomic E-state index is 13.7. The predicted molar refractivity (Wildman–Crippen MR) is 64.3 cm³/mol. The summed E-state index contributed by atoms with van der Waals surface area (Å²) in [4.78, 5) is 2.25. The normalized spacial score (nSPS) is 19.7. The quantitative estimate of drug-likeness (QED) is 0.857. The van der Waals surface area contributed by atoms with Gasteiger partial charge in [0.25, 0.3) is 0 Å². The first kappa shape index (κ1) is 11.8. The first-order chi connectivity index (χ1) is 7.70. The van der Waals surface area contributed by atoms with Gasteiger partial charge in [-0.15, -0.1) is 0 Å². The molecule has 1 aliphatic heterocycles. The highest BCUT2D eigenvalue weighted by Gasteiger charge is 2.22. The SMILES string of the molecule is C[C@H](c1c(F)cccc1Cl)N1CCNCC1. The highest BCUT2D eigenvalue weighted by atomic mass is 35.5. The molecule has 0 unspecified atom stereocenters. The molecule has 1 aromatic carbocycles. The Hall–Kier alpha value is -0.640. The van der Waals surface area contributed by atoms with E-state index in [1.807, 2.05) is 6.92 Å². The highest BCUT2D eigenvalue weighted by Crippen LogP contribution is 2.29. The molecule has 0 aliphatic carbocycles. The highest BCUT2D eigenvalue weighted by molar-refractivity contribution is 6.31.